The Kier molecular flexibility index (Phi) is 6.05. The molecule has 9 heteroatoms. The van der Waals surface area contributed by atoms with Crippen LogP contribution in [-0.4, -0.2) is 62.0 Å². The molecule has 3 heterocycles. The lowest BCUT2D eigenvalue weighted by atomic mass is 9.65. The fourth-order valence-electron chi connectivity index (χ4n) is 4.89. The van der Waals surface area contributed by atoms with Crippen molar-refractivity contribution < 1.29 is 33.6 Å². The highest BCUT2D eigenvalue weighted by molar-refractivity contribution is 5.84. The van der Waals surface area contributed by atoms with Gasteiger partial charge in [-0.3, -0.25) is 9.59 Å². The summed E-state index contributed by atoms with van der Waals surface area (Å²) in [4.78, 5) is 27.6. The highest BCUT2D eigenvalue weighted by Crippen LogP contribution is 2.45. The zero-order chi connectivity index (χ0) is 23.7. The van der Waals surface area contributed by atoms with Gasteiger partial charge >= 0.3 is 0 Å². The van der Waals surface area contributed by atoms with E-state index in [0.29, 0.717) is 62.1 Å². The molecular formula is C25H28N2O7. The number of carbonyl (C=O) groups excluding carboxylic acids is 2. The molecule has 2 atom stereocenters. The van der Waals surface area contributed by atoms with Crippen LogP contribution in [-0.2, 0) is 20.9 Å². The fourth-order valence-corrected chi connectivity index (χ4v) is 4.89. The molecule has 0 bridgehead atoms. The predicted molar refractivity (Wildman–Crippen MR) is 120 cm³/mol. The van der Waals surface area contributed by atoms with Gasteiger partial charge in [0.2, 0.25) is 12.7 Å². The van der Waals surface area contributed by atoms with Crippen LogP contribution in [0.1, 0.15) is 23.7 Å². The first-order chi connectivity index (χ1) is 16.5. The third-order valence-electron chi connectivity index (χ3n) is 6.98. The zero-order valence-electron chi connectivity index (χ0n) is 19.0. The Bertz CT molecular complexity index is 1070. The Morgan fingerprint density at radius 1 is 1.18 bits per heavy atom. The maximum atomic E-state index is 13.1. The quantitative estimate of drug-likeness (QED) is 0.664. The minimum absolute atomic E-state index is 0.0971. The maximum absolute atomic E-state index is 13.1. The molecule has 2 aromatic rings. The number of aliphatic hydroxyl groups is 1. The number of hydrogen-bond donors (Lipinski definition) is 2. The summed E-state index contributed by atoms with van der Waals surface area (Å²) in [6, 6.07) is 12.4. The molecule has 2 N–H and O–H groups in total. The van der Waals surface area contributed by atoms with Crippen LogP contribution in [0, 0.1) is 11.3 Å². The van der Waals surface area contributed by atoms with E-state index in [4.69, 9.17) is 18.9 Å². The van der Waals surface area contributed by atoms with Gasteiger partial charge in [-0.05, 0) is 41.8 Å². The van der Waals surface area contributed by atoms with Crippen LogP contribution in [0.15, 0.2) is 42.5 Å². The summed E-state index contributed by atoms with van der Waals surface area (Å²) in [6.45, 7) is 2.27. The number of ether oxygens (including phenoxy) is 4. The average Bonchev–Trinajstić information content (AvgIpc) is 3.33. The highest BCUT2D eigenvalue weighted by Gasteiger charge is 2.54. The van der Waals surface area contributed by atoms with Crippen molar-refractivity contribution in [3.63, 3.8) is 0 Å². The van der Waals surface area contributed by atoms with Crippen molar-refractivity contribution >= 4 is 11.8 Å². The van der Waals surface area contributed by atoms with Crippen molar-refractivity contribution in [3.05, 3.63) is 53.6 Å². The Balaban J connectivity index is 1.20. The van der Waals surface area contributed by atoms with Gasteiger partial charge in [-0.15, -0.1) is 0 Å². The van der Waals surface area contributed by atoms with Crippen molar-refractivity contribution in [1.29, 1.82) is 0 Å². The van der Waals surface area contributed by atoms with E-state index < -0.39 is 6.10 Å². The van der Waals surface area contributed by atoms with Crippen LogP contribution in [0.4, 0.5) is 0 Å². The first-order valence-corrected chi connectivity index (χ1v) is 11.3. The van der Waals surface area contributed by atoms with Crippen molar-refractivity contribution in [1.82, 2.24) is 10.2 Å². The molecule has 2 aromatic carbocycles. The van der Waals surface area contributed by atoms with Gasteiger partial charge in [-0.2, -0.15) is 0 Å². The molecular weight excluding hydrogens is 440 g/mol. The van der Waals surface area contributed by atoms with Gasteiger partial charge in [0, 0.05) is 31.7 Å². The number of nitrogens with zero attached hydrogens (tertiary/aromatic N) is 1. The molecule has 0 unspecified atom stereocenters. The number of benzene rings is 2. The first kappa shape index (κ1) is 22.5. The lowest BCUT2D eigenvalue weighted by Gasteiger charge is -2.55. The SMILES string of the molecule is COc1ccc([C@H](O)C(=O)N2CC3(CCOC[C@@H]3C(=O)NCc3ccc4c(c3)OCO4)C2)cc1. The predicted octanol–water partition coefficient (Wildman–Crippen LogP) is 1.64. The first-order valence-electron chi connectivity index (χ1n) is 11.3. The lowest BCUT2D eigenvalue weighted by Crippen LogP contribution is -2.66. The molecule has 1 spiro atoms. The third kappa shape index (κ3) is 4.17. The van der Waals surface area contributed by atoms with Crippen molar-refractivity contribution in [2.75, 3.05) is 40.2 Å². The molecule has 2 saturated heterocycles. The summed E-state index contributed by atoms with van der Waals surface area (Å²) in [5, 5.41) is 13.6. The minimum atomic E-state index is -1.25. The number of nitrogens with one attached hydrogen (secondary N) is 1. The van der Waals surface area contributed by atoms with Crippen molar-refractivity contribution in [3.8, 4) is 17.2 Å². The largest absolute Gasteiger partial charge is 0.497 e. The summed E-state index contributed by atoms with van der Waals surface area (Å²) >= 11 is 0. The van der Waals surface area contributed by atoms with Gasteiger partial charge in [0.15, 0.2) is 17.6 Å². The number of methoxy groups -OCH3 is 1. The number of amides is 2. The van der Waals surface area contributed by atoms with Crippen molar-refractivity contribution in [2.45, 2.75) is 19.1 Å². The molecule has 3 aliphatic heterocycles. The van der Waals surface area contributed by atoms with Crippen LogP contribution in [0.3, 0.4) is 0 Å². The van der Waals surface area contributed by atoms with Crippen molar-refractivity contribution in [2.24, 2.45) is 11.3 Å². The molecule has 0 radical (unpaired) electrons. The second-order valence-electron chi connectivity index (χ2n) is 9.02. The van der Waals surface area contributed by atoms with Gasteiger partial charge in [0.1, 0.15) is 5.75 Å². The second-order valence-corrected chi connectivity index (χ2v) is 9.02. The average molecular weight is 469 g/mol. The smallest absolute Gasteiger partial charge is 0.256 e. The number of hydrogen-bond acceptors (Lipinski definition) is 7. The molecule has 0 saturated carbocycles. The number of rotatable bonds is 6. The standard InChI is InChI=1S/C25H28N2O7/c1-31-18-5-3-17(4-6-18)22(28)24(30)27-13-25(14-27)8-9-32-12-19(25)23(29)26-11-16-2-7-20-21(10-16)34-15-33-20/h2-7,10,19,22,28H,8-9,11-15H2,1H3,(H,26,29)/t19-,22+/m1/s1. The van der Waals surface area contributed by atoms with E-state index >= 15 is 0 Å². The molecule has 2 fully saturated rings. The zero-order valence-corrected chi connectivity index (χ0v) is 19.0. The summed E-state index contributed by atoms with van der Waals surface area (Å²) in [5.74, 6) is 1.21. The summed E-state index contributed by atoms with van der Waals surface area (Å²) in [6.07, 6.45) is -0.557. The van der Waals surface area contributed by atoms with E-state index in [0.717, 1.165) is 5.56 Å². The van der Waals surface area contributed by atoms with Gasteiger partial charge in [-0.1, -0.05) is 18.2 Å². The van der Waals surface area contributed by atoms with Gasteiger partial charge < -0.3 is 34.3 Å². The van der Waals surface area contributed by atoms with E-state index in [2.05, 4.69) is 5.32 Å². The van der Waals surface area contributed by atoms with E-state index in [1.54, 1.807) is 36.3 Å². The van der Waals surface area contributed by atoms with E-state index in [1.807, 2.05) is 18.2 Å². The Morgan fingerprint density at radius 2 is 1.94 bits per heavy atom. The molecule has 3 aliphatic rings. The van der Waals surface area contributed by atoms with E-state index in [-0.39, 0.29) is 29.9 Å². The molecule has 180 valence electrons. The number of aliphatic hydroxyl groups excluding tert-OH is 1. The second kappa shape index (κ2) is 9.15. The maximum Gasteiger partial charge on any atom is 0.256 e. The topological polar surface area (TPSA) is 107 Å². The van der Waals surface area contributed by atoms with E-state index in [9.17, 15) is 14.7 Å². The number of carbonyl (C=O) groups is 2. The van der Waals surface area contributed by atoms with Crippen LogP contribution >= 0.6 is 0 Å². The summed E-state index contributed by atoms with van der Waals surface area (Å²) < 4.78 is 21.5. The number of likely N-dealkylation sites (tertiary alicyclic amines) is 1. The molecule has 0 aliphatic carbocycles. The van der Waals surface area contributed by atoms with Crippen LogP contribution in [0.5, 0.6) is 17.2 Å². The Hall–Kier alpha value is -3.30. The third-order valence-corrected chi connectivity index (χ3v) is 6.98. The lowest BCUT2D eigenvalue weighted by molar-refractivity contribution is -0.174. The number of fused-ring (bicyclic) bond motifs is 1. The molecule has 34 heavy (non-hydrogen) atoms. The van der Waals surface area contributed by atoms with Gasteiger partial charge in [0.25, 0.3) is 5.91 Å². The van der Waals surface area contributed by atoms with E-state index in [1.165, 1.54) is 0 Å². The molecule has 9 nitrogen and oxygen atoms in total. The molecule has 5 rings (SSSR count). The van der Waals surface area contributed by atoms with Crippen LogP contribution in [0.25, 0.3) is 0 Å². The Morgan fingerprint density at radius 3 is 2.71 bits per heavy atom. The van der Waals surface area contributed by atoms with Gasteiger partial charge in [0.05, 0.1) is 19.6 Å². The normalized spacial score (nSPS) is 21.0. The minimum Gasteiger partial charge on any atom is -0.497 e. The highest BCUT2D eigenvalue weighted by atomic mass is 16.7. The monoisotopic (exact) mass is 468 g/mol. The molecule has 2 amide bonds. The van der Waals surface area contributed by atoms with Crippen LogP contribution in [0.2, 0.25) is 0 Å². The van der Waals surface area contributed by atoms with Gasteiger partial charge in [-0.25, -0.2) is 0 Å². The fraction of sp³-hybridized carbons (Fsp3) is 0.440. The Labute approximate surface area is 197 Å². The van der Waals surface area contributed by atoms with Crippen LogP contribution < -0.4 is 19.5 Å². The summed E-state index contributed by atoms with van der Waals surface area (Å²) in [5.41, 5.74) is 1.08. The summed E-state index contributed by atoms with van der Waals surface area (Å²) in [7, 11) is 1.56. The molecule has 0 aromatic heterocycles.